The van der Waals surface area contributed by atoms with Gasteiger partial charge in [0.1, 0.15) is 5.75 Å². The quantitative estimate of drug-likeness (QED) is 0.903. The van der Waals surface area contributed by atoms with Crippen molar-refractivity contribution in [1.82, 2.24) is 9.55 Å². The Kier molecular flexibility index (Phi) is 3.26. The summed E-state index contributed by atoms with van der Waals surface area (Å²) >= 11 is 0. The molecule has 2 aromatic rings. The van der Waals surface area contributed by atoms with E-state index in [4.69, 9.17) is 0 Å². The summed E-state index contributed by atoms with van der Waals surface area (Å²) in [6, 6.07) is 4.77. The van der Waals surface area contributed by atoms with Gasteiger partial charge in [0.25, 0.3) is 0 Å². The number of halogens is 3. The minimum atomic E-state index is -4.47. The minimum Gasteiger partial charge on any atom is -0.508 e. The molecule has 0 aliphatic heterocycles. The number of hydrogen-bond acceptors (Lipinski definition) is 2. The van der Waals surface area contributed by atoms with E-state index in [2.05, 4.69) is 4.98 Å². The number of phenols is 1. The molecule has 19 heavy (non-hydrogen) atoms. The number of benzene rings is 1. The number of rotatable bonds is 2. The van der Waals surface area contributed by atoms with Crippen molar-refractivity contribution in [2.24, 2.45) is 0 Å². The fourth-order valence-corrected chi connectivity index (χ4v) is 1.79. The zero-order valence-corrected chi connectivity index (χ0v) is 10.4. The number of aromatic nitrogens is 2. The smallest absolute Gasteiger partial charge is 0.434 e. The van der Waals surface area contributed by atoms with E-state index >= 15 is 0 Å². The molecule has 1 aromatic carbocycles. The summed E-state index contributed by atoms with van der Waals surface area (Å²) < 4.78 is 38.6. The molecule has 0 amide bonds. The zero-order valence-electron chi connectivity index (χ0n) is 10.4. The predicted molar refractivity (Wildman–Crippen MR) is 64.3 cm³/mol. The monoisotopic (exact) mass is 270 g/mol. The van der Waals surface area contributed by atoms with Crippen molar-refractivity contribution in [2.45, 2.75) is 25.9 Å². The van der Waals surface area contributed by atoms with Crippen molar-refractivity contribution in [3.8, 4) is 11.4 Å². The van der Waals surface area contributed by atoms with Crippen molar-refractivity contribution in [3.05, 3.63) is 42.0 Å². The number of phenolic OH excluding ortho intramolecular Hbond substituents is 1. The van der Waals surface area contributed by atoms with E-state index < -0.39 is 11.9 Å². The van der Waals surface area contributed by atoms with Crippen LogP contribution in [0.25, 0.3) is 5.69 Å². The first-order chi connectivity index (χ1) is 8.79. The summed E-state index contributed by atoms with van der Waals surface area (Å²) in [6.07, 6.45) is -2.50. The molecule has 3 nitrogen and oxygen atoms in total. The van der Waals surface area contributed by atoms with Crippen molar-refractivity contribution in [1.29, 1.82) is 0 Å². The van der Waals surface area contributed by atoms with Gasteiger partial charge >= 0.3 is 6.18 Å². The van der Waals surface area contributed by atoms with Gasteiger partial charge in [-0.25, -0.2) is 4.98 Å². The molecule has 1 N–H and O–H groups in total. The van der Waals surface area contributed by atoms with Gasteiger partial charge in [0.05, 0.1) is 12.0 Å². The van der Waals surface area contributed by atoms with Gasteiger partial charge in [-0.3, -0.25) is 0 Å². The van der Waals surface area contributed by atoms with Crippen LogP contribution in [0, 0.1) is 0 Å². The number of hydrogen-bond donors (Lipinski definition) is 1. The summed E-state index contributed by atoms with van der Waals surface area (Å²) in [5.74, 6) is 0.206. The summed E-state index contributed by atoms with van der Waals surface area (Å²) in [5, 5.41) is 9.83. The number of alkyl halides is 3. The summed E-state index contributed by atoms with van der Waals surface area (Å²) in [6.45, 7) is 3.85. The summed E-state index contributed by atoms with van der Waals surface area (Å²) in [7, 11) is 0. The van der Waals surface area contributed by atoms with E-state index in [0.717, 1.165) is 18.1 Å². The molecular formula is C13H13F3N2O. The molecule has 102 valence electrons. The van der Waals surface area contributed by atoms with Crippen LogP contribution in [0.2, 0.25) is 0 Å². The van der Waals surface area contributed by atoms with E-state index in [9.17, 15) is 18.3 Å². The van der Waals surface area contributed by atoms with E-state index in [1.807, 2.05) is 13.8 Å². The fourth-order valence-electron chi connectivity index (χ4n) is 1.79. The van der Waals surface area contributed by atoms with Crippen LogP contribution in [0.15, 0.2) is 30.7 Å². The maximum atomic E-state index is 12.4. The van der Waals surface area contributed by atoms with Crippen LogP contribution in [0.4, 0.5) is 13.2 Å². The lowest BCUT2D eigenvalue weighted by Crippen LogP contribution is -2.04. The SMILES string of the molecule is CC(C)c1ccc(-n2cnc(C(F)(F)F)c2)cc1O. The molecule has 0 saturated heterocycles. The van der Waals surface area contributed by atoms with Gasteiger partial charge in [-0.05, 0) is 17.5 Å². The van der Waals surface area contributed by atoms with Gasteiger partial charge in [0.15, 0.2) is 5.69 Å². The van der Waals surface area contributed by atoms with Crippen LogP contribution in [0.3, 0.4) is 0 Å². The molecule has 0 aliphatic rings. The topological polar surface area (TPSA) is 38.0 Å². The van der Waals surface area contributed by atoms with E-state index in [-0.39, 0.29) is 11.7 Å². The Bertz CT molecular complexity index is 588. The Morgan fingerprint density at radius 3 is 2.42 bits per heavy atom. The molecule has 0 saturated carbocycles. The second-order valence-corrected chi connectivity index (χ2v) is 4.56. The maximum absolute atomic E-state index is 12.4. The highest BCUT2D eigenvalue weighted by Crippen LogP contribution is 2.30. The Morgan fingerprint density at radius 2 is 1.95 bits per heavy atom. The number of aromatic hydroxyl groups is 1. The standard InChI is InChI=1S/C13H13F3N2O/c1-8(2)10-4-3-9(5-11(10)19)18-6-12(17-7-18)13(14,15)16/h3-8,19H,1-2H3. The molecule has 0 unspecified atom stereocenters. The predicted octanol–water partition coefficient (Wildman–Crippen LogP) is 3.72. The van der Waals surface area contributed by atoms with Gasteiger partial charge < -0.3 is 9.67 Å². The highest BCUT2D eigenvalue weighted by Gasteiger charge is 2.33. The van der Waals surface area contributed by atoms with Crippen LogP contribution >= 0.6 is 0 Å². The van der Waals surface area contributed by atoms with Crippen LogP contribution in [0.5, 0.6) is 5.75 Å². The second-order valence-electron chi connectivity index (χ2n) is 4.56. The molecule has 0 bridgehead atoms. The molecule has 0 aliphatic carbocycles. The average molecular weight is 270 g/mol. The van der Waals surface area contributed by atoms with E-state index in [0.29, 0.717) is 5.69 Å². The highest BCUT2D eigenvalue weighted by atomic mass is 19.4. The van der Waals surface area contributed by atoms with Crippen molar-refractivity contribution < 1.29 is 18.3 Å². The third-order valence-electron chi connectivity index (χ3n) is 2.81. The van der Waals surface area contributed by atoms with Gasteiger partial charge in [-0.1, -0.05) is 19.9 Å². The molecule has 0 atom stereocenters. The third kappa shape index (κ3) is 2.72. The molecule has 0 fully saturated rings. The van der Waals surface area contributed by atoms with Crippen molar-refractivity contribution in [2.75, 3.05) is 0 Å². The normalized spacial score (nSPS) is 12.1. The minimum absolute atomic E-state index is 0.0646. The van der Waals surface area contributed by atoms with Gasteiger partial charge in [-0.15, -0.1) is 0 Å². The van der Waals surface area contributed by atoms with Crippen molar-refractivity contribution >= 4 is 0 Å². The first-order valence-electron chi connectivity index (χ1n) is 5.73. The number of imidazole rings is 1. The zero-order chi connectivity index (χ0) is 14.2. The number of nitrogens with zero attached hydrogens (tertiary/aromatic N) is 2. The van der Waals surface area contributed by atoms with E-state index in [1.54, 1.807) is 12.1 Å². The maximum Gasteiger partial charge on any atom is 0.434 e. The highest BCUT2D eigenvalue weighted by molar-refractivity contribution is 5.45. The van der Waals surface area contributed by atoms with Crippen LogP contribution in [0.1, 0.15) is 31.0 Å². The van der Waals surface area contributed by atoms with Gasteiger partial charge in [0, 0.05) is 12.3 Å². The van der Waals surface area contributed by atoms with Crippen LogP contribution in [-0.2, 0) is 6.18 Å². The van der Waals surface area contributed by atoms with Crippen molar-refractivity contribution in [3.63, 3.8) is 0 Å². The second kappa shape index (κ2) is 4.60. The molecular weight excluding hydrogens is 257 g/mol. The lowest BCUT2D eigenvalue weighted by Gasteiger charge is -2.10. The van der Waals surface area contributed by atoms with E-state index in [1.165, 1.54) is 10.6 Å². The Balaban J connectivity index is 2.38. The largest absolute Gasteiger partial charge is 0.508 e. The molecule has 6 heteroatoms. The lowest BCUT2D eigenvalue weighted by molar-refractivity contribution is -0.140. The summed E-state index contributed by atoms with van der Waals surface area (Å²) in [5.41, 5.74) is 0.227. The summed E-state index contributed by atoms with van der Waals surface area (Å²) in [4.78, 5) is 3.31. The molecule has 0 radical (unpaired) electrons. The molecule has 1 heterocycles. The average Bonchev–Trinajstić information content (AvgIpc) is 2.76. The van der Waals surface area contributed by atoms with Crippen LogP contribution < -0.4 is 0 Å². The Morgan fingerprint density at radius 1 is 1.26 bits per heavy atom. The van der Waals surface area contributed by atoms with Gasteiger partial charge in [-0.2, -0.15) is 13.2 Å². The molecule has 1 aromatic heterocycles. The molecule has 0 spiro atoms. The fraction of sp³-hybridized carbons (Fsp3) is 0.308. The first-order valence-corrected chi connectivity index (χ1v) is 5.73. The first kappa shape index (κ1) is 13.5. The van der Waals surface area contributed by atoms with Gasteiger partial charge in [0.2, 0.25) is 0 Å². The molecule has 2 rings (SSSR count). The third-order valence-corrected chi connectivity index (χ3v) is 2.81. The Labute approximate surface area is 108 Å². The van der Waals surface area contributed by atoms with Crippen LogP contribution in [-0.4, -0.2) is 14.7 Å². The Hall–Kier alpha value is -1.98. The lowest BCUT2D eigenvalue weighted by atomic mass is 10.0.